The minimum Gasteiger partial charge on any atom is -0.314 e. The molecule has 5 fully saturated rings. The first-order valence-electron chi connectivity index (χ1n) is 8.74. The second-order valence-corrected chi connectivity index (χ2v) is 7.97. The second kappa shape index (κ2) is 5.04. The van der Waals surface area contributed by atoms with Crippen LogP contribution < -0.4 is 5.32 Å². The van der Waals surface area contributed by atoms with Crippen molar-refractivity contribution in [1.82, 2.24) is 10.2 Å². The fourth-order valence-corrected chi connectivity index (χ4v) is 6.09. The van der Waals surface area contributed by atoms with E-state index in [1.807, 2.05) is 0 Å². The van der Waals surface area contributed by atoms with Crippen LogP contribution in [0.3, 0.4) is 0 Å². The van der Waals surface area contributed by atoms with Gasteiger partial charge in [-0.1, -0.05) is 0 Å². The monoisotopic (exact) mass is 262 g/mol. The molecular formula is C17H30N2. The summed E-state index contributed by atoms with van der Waals surface area (Å²) in [7, 11) is 0. The number of hydrogen-bond acceptors (Lipinski definition) is 2. The van der Waals surface area contributed by atoms with Crippen molar-refractivity contribution in [3.05, 3.63) is 0 Å². The second-order valence-electron chi connectivity index (χ2n) is 7.97. The van der Waals surface area contributed by atoms with Crippen LogP contribution in [0, 0.1) is 29.6 Å². The van der Waals surface area contributed by atoms with Crippen LogP contribution >= 0.6 is 0 Å². The van der Waals surface area contributed by atoms with Crippen LogP contribution in [0.4, 0.5) is 0 Å². The van der Waals surface area contributed by atoms with Gasteiger partial charge in [0.05, 0.1) is 0 Å². The highest BCUT2D eigenvalue weighted by atomic mass is 15.2. The molecule has 0 aromatic carbocycles. The maximum absolute atomic E-state index is 3.48. The van der Waals surface area contributed by atoms with Gasteiger partial charge in [-0.25, -0.2) is 0 Å². The van der Waals surface area contributed by atoms with Gasteiger partial charge in [0.2, 0.25) is 0 Å². The van der Waals surface area contributed by atoms with Gasteiger partial charge in [-0.2, -0.15) is 0 Å². The molecule has 1 N–H and O–H groups in total. The smallest absolute Gasteiger partial charge is 0.0110 e. The Bertz CT molecular complexity index is 293. The van der Waals surface area contributed by atoms with Gasteiger partial charge in [0, 0.05) is 32.2 Å². The molecule has 108 valence electrons. The fraction of sp³-hybridized carbons (Fsp3) is 1.00. The zero-order chi connectivity index (χ0) is 12.8. The van der Waals surface area contributed by atoms with E-state index in [0.29, 0.717) is 0 Å². The summed E-state index contributed by atoms with van der Waals surface area (Å²) in [5.41, 5.74) is 0. The maximum atomic E-state index is 3.48. The zero-order valence-electron chi connectivity index (χ0n) is 12.5. The molecule has 5 aliphatic rings. The van der Waals surface area contributed by atoms with Gasteiger partial charge in [0.25, 0.3) is 0 Å². The standard InChI is InChI=1S/C17H30N2/c1-12(19-4-2-18-3-5-19)6-17-15-8-13-7-14(10-15)11-16(17)9-13/h12-18H,2-11H2,1H3. The number of hydrogen-bond donors (Lipinski definition) is 1. The van der Waals surface area contributed by atoms with Crippen LogP contribution in [-0.2, 0) is 0 Å². The highest BCUT2D eigenvalue weighted by Gasteiger charge is 2.48. The molecule has 1 saturated heterocycles. The summed E-state index contributed by atoms with van der Waals surface area (Å²) < 4.78 is 0. The van der Waals surface area contributed by atoms with Crippen molar-refractivity contribution in [2.45, 2.75) is 51.5 Å². The lowest BCUT2D eigenvalue weighted by molar-refractivity contribution is -0.0489. The van der Waals surface area contributed by atoms with E-state index in [2.05, 4.69) is 17.1 Å². The molecule has 0 aromatic rings. The van der Waals surface area contributed by atoms with Crippen molar-refractivity contribution in [1.29, 1.82) is 0 Å². The van der Waals surface area contributed by atoms with Crippen LogP contribution in [-0.4, -0.2) is 37.1 Å². The first-order chi connectivity index (χ1) is 9.29. The number of nitrogens with one attached hydrogen (secondary N) is 1. The van der Waals surface area contributed by atoms with E-state index in [4.69, 9.17) is 0 Å². The summed E-state index contributed by atoms with van der Waals surface area (Å²) >= 11 is 0. The Morgan fingerprint density at radius 2 is 1.53 bits per heavy atom. The molecular weight excluding hydrogens is 232 g/mol. The van der Waals surface area contributed by atoms with Crippen molar-refractivity contribution < 1.29 is 0 Å². The fourth-order valence-electron chi connectivity index (χ4n) is 6.09. The maximum Gasteiger partial charge on any atom is 0.0110 e. The zero-order valence-corrected chi connectivity index (χ0v) is 12.5. The van der Waals surface area contributed by atoms with Crippen molar-refractivity contribution >= 4 is 0 Å². The normalized spacial score (nSPS) is 47.5. The summed E-state index contributed by atoms with van der Waals surface area (Å²) in [6.07, 6.45) is 9.44. The predicted molar refractivity (Wildman–Crippen MR) is 79.1 cm³/mol. The van der Waals surface area contributed by atoms with Crippen LogP contribution in [0.25, 0.3) is 0 Å². The van der Waals surface area contributed by atoms with Gasteiger partial charge in [0.15, 0.2) is 0 Å². The van der Waals surface area contributed by atoms with E-state index in [1.54, 1.807) is 32.1 Å². The van der Waals surface area contributed by atoms with Crippen LogP contribution in [0.2, 0.25) is 0 Å². The van der Waals surface area contributed by atoms with Gasteiger partial charge in [-0.3, -0.25) is 4.90 Å². The van der Waals surface area contributed by atoms with Crippen LogP contribution in [0.5, 0.6) is 0 Å². The van der Waals surface area contributed by atoms with E-state index in [-0.39, 0.29) is 0 Å². The van der Waals surface area contributed by atoms with Gasteiger partial charge in [-0.05, 0) is 75.0 Å². The third-order valence-corrected chi connectivity index (χ3v) is 6.81. The minimum atomic E-state index is 0.824. The lowest BCUT2D eigenvalue weighted by atomic mass is 9.51. The average molecular weight is 262 g/mol. The molecule has 1 atom stereocenters. The van der Waals surface area contributed by atoms with Gasteiger partial charge in [0.1, 0.15) is 0 Å². The van der Waals surface area contributed by atoms with Crippen molar-refractivity contribution in [2.75, 3.05) is 26.2 Å². The molecule has 1 heterocycles. The molecule has 0 radical (unpaired) electrons. The lowest BCUT2D eigenvalue weighted by Gasteiger charge is -2.55. The van der Waals surface area contributed by atoms with Crippen molar-refractivity contribution in [2.24, 2.45) is 29.6 Å². The van der Waals surface area contributed by atoms with Gasteiger partial charge >= 0.3 is 0 Å². The molecule has 4 bridgehead atoms. The Kier molecular flexibility index (Phi) is 3.35. The highest BCUT2D eigenvalue weighted by molar-refractivity contribution is 4.99. The lowest BCUT2D eigenvalue weighted by Crippen LogP contribution is -2.50. The summed E-state index contributed by atoms with van der Waals surface area (Å²) in [6.45, 7) is 7.44. The van der Waals surface area contributed by atoms with E-state index in [9.17, 15) is 0 Å². The predicted octanol–water partition coefficient (Wildman–Crippen LogP) is 2.74. The quantitative estimate of drug-likeness (QED) is 0.841. The molecule has 0 aromatic heterocycles. The topological polar surface area (TPSA) is 15.3 Å². The molecule has 0 amide bonds. The number of nitrogens with zero attached hydrogens (tertiary/aromatic N) is 1. The SMILES string of the molecule is CC(CC1C2CC3CC(C2)CC1C3)N1CCNCC1. The Labute approximate surface area is 118 Å². The van der Waals surface area contributed by atoms with E-state index in [1.165, 1.54) is 32.6 Å². The Morgan fingerprint density at radius 3 is 2.11 bits per heavy atom. The molecule has 2 heteroatoms. The summed E-state index contributed by atoms with van der Waals surface area (Å²) in [5, 5.41) is 3.48. The van der Waals surface area contributed by atoms with Gasteiger partial charge < -0.3 is 5.32 Å². The summed E-state index contributed by atoms with van der Waals surface area (Å²) in [4.78, 5) is 2.74. The largest absolute Gasteiger partial charge is 0.314 e. The Morgan fingerprint density at radius 1 is 0.947 bits per heavy atom. The van der Waals surface area contributed by atoms with Crippen LogP contribution in [0.1, 0.15) is 45.4 Å². The molecule has 0 spiro atoms. The molecule has 1 aliphatic heterocycles. The third kappa shape index (κ3) is 2.35. The van der Waals surface area contributed by atoms with Crippen LogP contribution in [0.15, 0.2) is 0 Å². The highest BCUT2D eigenvalue weighted by Crippen LogP contribution is 2.57. The minimum absolute atomic E-state index is 0.824. The third-order valence-electron chi connectivity index (χ3n) is 6.81. The molecule has 5 rings (SSSR count). The Balaban J connectivity index is 1.39. The first-order valence-corrected chi connectivity index (χ1v) is 8.74. The van der Waals surface area contributed by atoms with Crippen molar-refractivity contribution in [3.63, 3.8) is 0 Å². The molecule has 1 unspecified atom stereocenters. The summed E-state index contributed by atoms with van der Waals surface area (Å²) in [6, 6.07) is 0.824. The molecule has 19 heavy (non-hydrogen) atoms. The van der Waals surface area contributed by atoms with E-state index < -0.39 is 0 Å². The van der Waals surface area contributed by atoms with E-state index in [0.717, 1.165) is 35.6 Å². The van der Waals surface area contributed by atoms with Crippen molar-refractivity contribution in [3.8, 4) is 0 Å². The summed E-state index contributed by atoms with van der Waals surface area (Å²) in [5.74, 6) is 5.57. The number of rotatable bonds is 3. The average Bonchev–Trinajstić information content (AvgIpc) is 2.43. The Hall–Kier alpha value is -0.0800. The van der Waals surface area contributed by atoms with Gasteiger partial charge in [-0.15, -0.1) is 0 Å². The molecule has 4 aliphatic carbocycles. The molecule has 2 nitrogen and oxygen atoms in total. The number of piperazine rings is 1. The molecule has 4 saturated carbocycles. The first kappa shape index (κ1) is 12.6. The van der Waals surface area contributed by atoms with E-state index >= 15 is 0 Å².